The predicted octanol–water partition coefficient (Wildman–Crippen LogP) is 10.0. The van der Waals surface area contributed by atoms with Gasteiger partial charge >= 0.3 is 0 Å². The average molecular weight is 604 g/mol. The van der Waals surface area contributed by atoms with E-state index in [1.807, 2.05) is 109 Å². The van der Waals surface area contributed by atoms with Crippen molar-refractivity contribution in [1.82, 2.24) is 24.9 Å². The molecule has 0 atom stereocenters. The Morgan fingerprint density at radius 1 is 0.447 bits per heavy atom. The zero-order valence-electron chi connectivity index (χ0n) is 25.1. The molecule has 0 aliphatic carbocycles. The van der Waals surface area contributed by atoms with E-state index in [2.05, 4.69) is 42.5 Å². The number of nitrogens with zero attached hydrogens (tertiary/aromatic N) is 5. The standard InChI is InChI=1S/C41H25N5O/c1-3-11-27(12-4-1)39-44-40(28-13-5-2-6-14-28)46-41(45-39)30-16-9-15-29(23-30)31-21-20-26-17-10-22-42-38(26)37(31)34-24-33-32-18-7-8-19-35(32)47-36(33)25-43-34/h1-25H. The fourth-order valence-corrected chi connectivity index (χ4v) is 6.18. The summed E-state index contributed by atoms with van der Waals surface area (Å²) in [6.07, 6.45) is 3.65. The van der Waals surface area contributed by atoms with Crippen LogP contribution in [0.15, 0.2) is 156 Å². The molecule has 6 nitrogen and oxygen atoms in total. The maximum Gasteiger partial charge on any atom is 0.164 e. The molecular weight excluding hydrogens is 578 g/mol. The van der Waals surface area contributed by atoms with E-state index >= 15 is 0 Å². The van der Waals surface area contributed by atoms with Gasteiger partial charge in [-0.05, 0) is 35.4 Å². The van der Waals surface area contributed by atoms with Crippen LogP contribution in [-0.2, 0) is 0 Å². The molecule has 0 fully saturated rings. The van der Waals surface area contributed by atoms with Crippen LogP contribution in [0, 0.1) is 0 Å². The van der Waals surface area contributed by atoms with E-state index in [0.29, 0.717) is 17.5 Å². The average Bonchev–Trinajstić information content (AvgIpc) is 3.53. The Hall–Kier alpha value is -6.53. The molecule has 9 rings (SSSR count). The number of hydrogen-bond donors (Lipinski definition) is 0. The van der Waals surface area contributed by atoms with Crippen molar-refractivity contribution >= 4 is 32.8 Å². The molecule has 4 aromatic heterocycles. The molecule has 0 N–H and O–H groups in total. The van der Waals surface area contributed by atoms with Crippen molar-refractivity contribution in [2.45, 2.75) is 0 Å². The maximum atomic E-state index is 6.10. The highest BCUT2D eigenvalue weighted by molar-refractivity contribution is 6.08. The van der Waals surface area contributed by atoms with Crippen LogP contribution >= 0.6 is 0 Å². The fourth-order valence-electron chi connectivity index (χ4n) is 6.18. The summed E-state index contributed by atoms with van der Waals surface area (Å²) >= 11 is 0. The maximum absolute atomic E-state index is 6.10. The van der Waals surface area contributed by atoms with E-state index in [0.717, 1.165) is 71.9 Å². The minimum Gasteiger partial charge on any atom is -0.454 e. The minimum atomic E-state index is 0.601. The minimum absolute atomic E-state index is 0.601. The molecule has 0 aliphatic heterocycles. The van der Waals surface area contributed by atoms with Gasteiger partial charge in [0.1, 0.15) is 5.58 Å². The lowest BCUT2D eigenvalue weighted by Crippen LogP contribution is -2.00. The van der Waals surface area contributed by atoms with Crippen molar-refractivity contribution in [1.29, 1.82) is 0 Å². The molecule has 0 saturated carbocycles. The second-order valence-electron chi connectivity index (χ2n) is 11.3. The van der Waals surface area contributed by atoms with Gasteiger partial charge in [0.05, 0.1) is 17.4 Å². The Morgan fingerprint density at radius 3 is 1.87 bits per heavy atom. The third kappa shape index (κ3) is 4.80. The van der Waals surface area contributed by atoms with Crippen LogP contribution < -0.4 is 0 Å². The summed E-state index contributed by atoms with van der Waals surface area (Å²) in [5.41, 5.74) is 9.03. The number of aromatic nitrogens is 5. The van der Waals surface area contributed by atoms with Gasteiger partial charge in [-0.15, -0.1) is 0 Å². The molecule has 6 heteroatoms. The first kappa shape index (κ1) is 26.8. The number of hydrogen-bond acceptors (Lipinski definition) is 6. The van der Waals surface area contributed by atoms with Crippen LogP contribution in [0.1, 0.15) is 0 Å². The second kappa shape index (κ2) is 11.1. The number of benzene rings is 5. The number of fused-ring (bicyclic) bond motifs is 4. The number of furan rings is 1. The fraction of sp³-hybridized carbons (Fsp3) is 0. The Bertz CT molecular complexity index is 2520. The normalized spacial score (nSPS) is 11.4. The van der Waals surface area contributed by atoms with Crippen molar-refractivity contribution in [3.05, 3.63) is 152 Å². The van der Waals surface area contributed by atoms with Gasteiger partial charge in [-0.2, -0.15) is 0 Å². The molecule has 220 valence electrons. The molecule has 0 unspecified atom stereocenters. The first-order valence-electron chi connectivity index (χ1n) is 15.4. The van der Waals surface area contributed by atoms with Crippen LogP contribution in [0.2, 0.25) is 0 Å². The summed E-state index contributed by atoms with van der Waals surface area (Å²) in [5.74, 6) is 1.85. The topological polar surface area (TPSA) is 77.6 Å². The van der Waals surface area contributed by atoms with E-state index in [9.17, 15) is 0 Å². The molecule has 0 aliphatic rings. The Morgan fingerprint density at radius 2 is 1.11 bits per heavy atom. The van der Waals surface area contributed by atoms with Gasteiger partial charge in [0, 0.05) is 44.6 Å². The summed E-state index contributed by atoms with van der Waals surface area (Å²) in [7, 11) is 0. The highest BCUT2D eigenvalue weighted by Crippen LogP contribution is 2.40. The number of para-hydroxylation sites is 1. The molecule has 4 heterocycles. The molecule has 0 radical (unpaired) electrons. The number of pyridine rings is 2. The molecule has 0 amide bonds. The van der Waals surface area contributed by atoms with Gasteiger partial charge in [-0.1, -0.05) is 115 Å². The summed E-state index contributed by atoms with van der Waals surface area (Å²) in [6.45, 7) is 0. The lowest BCUT2D eigenvalue weighted by atomic mass is 9.93. The van der Waals surface area contributed by atoms with Crippen LogP contribution in [0.25, 0.3) is 89.4 Å². The molecule has 9 aromatic rings. The largest absolute Gasteiger partial charge is 0.454 e. The molecule has 0 bridgehead atoms. The van der Waals surface area contributed by atoms with Gasteiger partial charge in [-0.25, -0.2) is 15.0 Å². The van der Waals surface area contributed by atoms with Crippen molar-refractivity contribution < 1.29 is 4.42 Å². The van der Waals surface area contributed by atoms with Crippen LogP contribution in [0.4, 0.5) is 0 Å². The molecule has 0 spiro atoms. The third-order valence-electron chi connectivity index (χ3n) is 8.43. The molecular formula is C41H25N5O. The van der Waals surface area contributed by atoms with Gasteiger partial charge in [0.15, 0.2) is 23.1 Å². The first-order valence-corrected chi connectivity index (χ1v) is 15.4. The Kier molecular flexibility index (Phi) is 6.35. The summed E-state index contributed by atoms with van der Waals surface area (Å²) in [6, 6.07) is 46.9. The van der Waals surface area contributed by atoms with E-state index < -0.39 is 0 Å². The van der Waals surface area contributed by atoms with E-state index in [1.165, 1.54) is 0 Å². The quantitative estimate of drug-likeness (QED) is 0.195. The van der Waals surface area contributed by atoms with Crippen LogP contribution in [0.5, 0.6) is 0 Å². The lowest BCUT2D eigenvalue weighted by Gasteiger charge is -2.14. The SMILES string of the molecule is c1ccc(-c2nc(-c3ccccc3)nc(-c3cccc(-c4ccc5cccnc5c4-c4cc5c(cn4)oc4ccccc45)c3)n2)cc1. The highest BCUT2D eigenvalue weighted by Gasteiger charge is 2.18. The van der Waals surface area contributed by atoms with E-state index in [4.69, 9.17) is 29.3 Å². The zero-order chi connectivity index (χ0) is 31.2. The van der Waals surface area contributed by atoms with E-state index in [-0.39, 0.29) is 0 Å². The van der Waals surface area contributed by atoms with Gasteiger partial charge in [0.2, 0.25) is 0 Å². The smallest absolute Gasteiger partial charge is 0.164 e. The van der Waals surface area contributed by atoms with Gasteiger partial charge < -0.3 is 4.42 Å². The van der Waals surface area contributed by atoms with Crippen LogP contribution in [-0.4, -0.2) is 24.9 Å². The Labute approximate surface area is 270 Å². The monoisotopic (exact) mass is 603 g/mol. The lowest BCUT2D eigenvalue weighted by molar-refractivity contribution is 0.667. The second-order valence-corrected chi connectivity index (χ2v) is 11.3. The number of rotatable bonds is 5. The van der Waals surface area contributed by atoms with E-state index in [1.54, 1.807) is 0 Å². The predicted molar refractivity (Wildman–Crippen MR) is 187 cm³/mol. The van der Waals surface area contributed by atoms with Gasteiger partial charge in [-0.3, -0.25) is 9.97 Å². The third-order valence-corrected chi connectivity index (χ3v) is 8.43. The van der Waals surface area contributed by atoms with Crippen molar-refractivity contribution in [3.63, 3.8) is 0 Å². The van der Waals surface area contributed by atoms with Crippen LogP contribution in [0.3, 0.4) is 0 Å². The summed E-state index contributed by atoms with van der Waals surface area (Å²) in [4.78, 5) is 24.6. The van der Waals surface area contributed by atoms with Crippen molar-refractivity contribution in [2.24, 2.45) is 0 Å². The van der Waals surface area contributed by atoms with Crippen molar-refractivity contribution in [2.75, 3.05) is 0 Å². The first-order chi connectivity index (χ1) is 23.3. The summed E-state index contributed by atoms with van der Waals surface area (Å²) < 4.78 is 6.10. The van der Waals surface area contributed by atoms with Crippen molar-refractivity contribution in [3.8, 4) is 56.5 Å². The molecule has 5 aromatic carbocycles. The summed E-state index contributed by atoms with van der Waals surface area (Å²) in [5, 5.41) is 3.12. The molecule has 0 saturated heterocycles. The van der Waals surface area contributed by atoms with Gasteiger partial charge in [0.25, 0.3) is 0 Å². The highest BCUT2D eigenvalue weighted by atomic mass is 16.3. The molecule has 47 heavy (non-hydrogen) atoms. The zero-order valence-corrected chi connectivity index (χ0v) is 25.1. The Balaban J connectivity index is 1.24.